The number of nitrogens with two attached hydrogens (primary N) is 1. The van der Waals surface area contributed by atoms with Crippen molar-refractivity contribution in [3.8, 4) is 22.7 Å². The number of halogens is 5. The molecule has 2 aromatic carbocycles. The summed E-state index contributed by atoms with van der Waals surface area (Å²) in [5, 5.41) is 6.47. The number of pyridine rings is 1. The fourth-order valence-electron chi connectivity index (χ4n) is 4.70. The number of nitrogens with zero attached hydrogens (tertiary/aromatic N) is 3. The van der Waals surface area contributed by atoms with Crippen LogP contribution in [0.1, 0.15) is 40.2 Å². The molecule has 0 saturated heterocycles. The fourth-order valence-corrected chi connectivity index (χ4v) is 4.70. The summed E-state index contributed by atoms with van der Waals surface area (Å²) in [4.78, 5) is 29.6. The first-order valence-electron chi connectivity index (χ1n) is 12.7. The minimum atomic E-state index is -4.88. The van der Waals surface area contributed by atoms with Crippen molar-refractivity contribution >= 4 is 11.8 Å². The van der Waals surface area contributed by atoms with Gasteiger partial charge in [0.2, 0.25) is 5.91 Å². The van der Waals surface area contributed by atoms with Crippen molar-refractivity contribution in [2.75, 3.05) is 13.2 Å². The molecular weight excluding hydrogens is 561 g/mol. The molecule has 1 aliphatic rings. The Kier molecular flexibility index (Phi) is 7.21. The number of hydrogen-bond acceptors (Lipinski definition) is 5. The van der Waals surface area contributed by atoms with Gasteiger partial charge >= 0.3 is 6.18 Å². The highest BCUT2D eigenvalue weighted by Crippen LogP contribution is 2.46. The molecule has 0 bridgehead atoms. The Bertz CT molecular complexity index is 1690. The number of ether oxygens (including phenoxy) is 1. The number of primary amides is 1. The maximum atomic E-state index is 14.5. The van der Waals surface area contributed by atoms with Crippen molar-refractivity contribution in [3.05, 3.63) is 94.9 Å². The number of aromatic nitrogens is 3. The molecular formula is C29H24F5N5O3. The van der Waals surface area contributed by atoms with E-state index in [-0.39, 0.29) is 40.4 Å². The van der Waals surface area contributed by atoms with Crippen molar-refractivity contribution in [2.24, 2.45) is 5.73 Å². The van der Waals surface area contributed by atoms with Gasteiger partial charge in [-0.25, -0.2) is 18.4 Å². The van der Waals surface area contributed by atoms with Gasteiger partial charge in [-0.3, -0.25) is 9.59 Å². The second-order valence-corrected chi connectivity index (χ2v) is 10.1. The molecule has 2 aromatic heterocycles. The molecule has 218 valence electrons. The molecule has 0 radical (unpaired) electrons. The lowest BCUT2D eigenvalue weighted by Gasteiger charge is -2.24. The van der Waals surface area contributed by atoms with Gasteiger partial charge in [-0.05, 0) is 62.4 Å². The number of nitrogens with one attached hydrogen (secondary N) is 1. The van der Waals surface area contributed by atoms with Crippen LogP contribution < -0.4 is 15.8 Å². The summed E-state index contributed by atoms with van der Waals surface area (Å²) < 4.78 is 77.6. The Morgan fingerprint density at radius 1 is 1.12 bits per heavy atom. The highest BCUT2D eigenvalue weighted by atomic mass is 19.4. The molecule has 2 atom stereocenters. The number of amides is 2. The van der Waals surface area contributed by atoms with Crippen molar-refractivity contribution in [1.82, 2.24) is 20.1 Å². The van der Waals surface area contributed by atoms with Gasteiger partial charge in [-0.15, -0.1) is 0 Å². The number of hydrogen-bond donors (Lipinski definition) is 2. The van der Waals surface area contributed by atoms with Crippen molar-refractivity contribution in [3.63, 3.8) is 0 Å². The summed E-state index contributed by atoms with van der Waals surface area (Å²) in [5.41, 5.74) is 4.51. The zero-order valence-electron chi connectivity index (χ0n) is 22.3. The molecule has 42 heavy (non-hydrogen) atoms. The average Bonchev–Trinajstić information content (AvgIpc) is 3.49. The minimum Gasteiger partial charge on any atom is -0.489 e. The predicted molar refractivity (Wildman–Crippen MR) is 141 cm³/mol. The summed E-state index contributed by atoms with van der Waals surface area (Å²) in [7, 11) is 0. The largest absolute Gasteiger partial charge is 0.489 e. The average molecular weight is 586 g/mol. The maximum Gasteiger partial charge on any atom is 0.398 e. The normalized spacial score (nSPS) is 16.9. The van der Waals surface area contributed by atoms with Crippen molar-refractivity contribution in [2.45, 2.75) is 31.4 Å². The van der Waals surface area contributed by atoms with Crippen LogP contribution in [-0.2, 0) is 10.2 Å². The van der Waals surface area contributed by atoms with Crippen LogP contribution in [0.3, 0.4) is 0 Å². The number of carbonyl (C=O) groups excluding carboxylic acids is 2. The van der Waals surface area contributed by atoms with Gasteiger partial charge in [0.15, 0.2) is 0 Å². The molecule has 0 saturated carbocycles. The Balaban J connectivity index is 1.51. The van der Waals surface area contributed by atoms with Crippen LogP contribution in [0.4, 0.5) is 22.0 Å². The van der Waals surface area contributed by atoms with Gasteiger partial charge < -0.3 is 15.8 Å². The Morgan fingerprint density at radius 2 is 1.83 bits per heavy atom. The van der Waals surface area contributed by atoms with E-state index < -0.39 is 53.2 Å². The van der Waals surface area contributed by atoms with Crippen LogP contribution in [0.5, 0.6) is 5.75 Å². The van der Waals surface area contributed by atoms with Crippen LogP contribution >= 0.6 is 0 Å². The van der Waals surface area contributed by atoms with Crippen molar-refractivity contribution in [1.29, 1.82) is 0 Å². The molecule has 3 N–H and O–H groups in total. The molecule has 0 aliphatic carbocycles. The summed E-state index contributed by atoms with van der Waals surface area (Å²) in [5.74, 6) is -4.99. The number of aryl methyl sites for hydroxylation is 1. The van der Waals surface area contributed by atoms with E-state index in [0.29, 0.717) is 5.69 Å². The quantitative estimate of drug-likeness (QED) is 0.305. The molecule has 3 heterocycles. The number of fused-ring (bicyclic) bond motifs is 1. The highest BCUT2D eigenvalue weighted by molar-refractivity contribution is 5.95. The third kappa shape index (κ3) is 5.29. The number of carbonyl (C=O) groups is 2. The third-order valence-corrected chi connectivity index (χ3v) is 7.19. The lowest BCUT2D eigenvalue weighted by molar-refractivity contribution is -0.149. The van der Waals surface area contributed by atoms with Crippen molar-refractivity contribution < 1.29 is 36.3 Å². The van der Waals surface area contributed by atoms with E-state index in [2.05, 4.69) is 15.4 Å². The SMILES string of the molecule is Cc1nn(-c2cccc(F)c2)cc1C(=O)NCC(c1cc2c(c(-c3ccc(F)cc3)n1)OC[C@]2(C)C(N)=O)C(F)(F)F. The lowest BCUT2D eigenvalue weighted by atomic mass is 9.82. The van der Waals surface area contributed by atoms with Crippen LogP contribution in [0.2, 0.25) is 0 Å². The monoisotopic (exact) mass is 585 g/mol. The molecule has 4 aromatic rings. The third-order valence-electron chi connectivity index (χ3n) is 7.19. The molecule has 8 nitrogen and oxygen atoms in total. The molecule has 1 aliphatic heterocycles. The second kappa shape index (κ2) is 10.5. The first kappa shape index (κ1) is 28.7. The smallest absolute Gasteiger partial charge is 0.398 e. The van der Waals surface area contributed by atoms with Gasteiger partial charge in [0, 0.05) is 23.9 Å². The first-order valence-corrected chi connectivity index (χ1v) is 12.7. The molecule has 0 spiro atoms. The summed E-state index contributed by atoms with van der Waals surface area (Å²) >= 11 is 0. The van der Waals surface area contributed by atoms with Gasteiger partial charge in [0.1, 0.15) is 41.0 Å². The van der Waals surface area contributed by atoms with E-state index in [1.165, 1.54) is 55.1 Å². The minimum absolute atomic E-state index is 0.0104. The zero-order chi connectivity index (χ0) is 30.4. The van der Waals surface area contributed by atoms with Crippen LogP contribution in [-0.4, -0.2) is 45.9 Å². The maximum absolute atomic E-state index is 14.5. The van der Waals surface area contributed by atoms with E-state index >= 15 is 0 Å². The second-order valence-electron chi connectivity index (χ2n) is 10.1. The molecule has 0 fully saturated rings. The number of rotatable bonds is 7. The van der Waals surface area contributed by atoms with Crippen LogP contribution in [0.15, 0.2) is 60.8 Å². The van der Waals surface area contributed by atoms with E-state index in [9.17, 15) is 31.5 Å². The van der Waals surface area contributed by atoms with E-state index in [1.54, 1.807) is 6.07 Å². The first-order chi connectivity index (χ1) is 19.8. The summed E-state index contributed by atoms with van der Waals surface area (Å²) in [6.07, 6.45) is -3.59. The highest BCUT2D eigenvalue weighted by Gasteiger charge is 2.47. The number of benzene rings is 2. The van der Waals surface area contributed by atoms with Gasteiger partial charge in [0.25, 0.3) is 5.91 Å². The van der Waals surface area contributed by atoms with E-state index in [4.69, 9.17) is 10.5 Å². The zero-order valence-corrected chi connectivity index (χ0v) is 22.3. The Hall–Kier alpha value is -4.81. The van der Waals surface area contributed by atoms with E-state index in [0.717, 1.165) is 18.2 Å². The lowest BCUT2D eigenvalue weighted by Crippen LogP contribution is -2.40. The molecule has 5 rings (SSSR count). The molecule has 2 amide bonds. The predicted octanol–water partition coefficient (Wildman–Crippen LogP) is 4.73. The van der Waals surface area contributed by atoms with E-state index in [1.807, 2.05) is 0 Å². The van der Waals surface area contributed by atoms with Gasteiger partial charge in [-0.1, -0.05) is 6.07 Å². The number of alkyl halides is 3. The molecule has 1 unspecified atom stereocenters. The molecule has 13 heteroatoms. The van der Waals surface area contributed by atoms with Crippen LogP contribution in [0, 0.1) is 18.6 Å². The standard InChI is InChI=1S/C29H24F5N5O3/c1-15-20(13-39(38-15)19-5-3-4-18(31)10-19)26(40)36-12-22(29(32,33)34)23-11-21-25(42-14-28(21,2)27(35)41)24(37-23)16-6-8-17(30)9-7-16/h3-11,13,22H,12,14H2,1-2H3,(H2,35,41)(H,36,40)/t22?,28-/m0/s1. The fraction of sp³-hybridized carbons (Fsp3) is 0.241. The Labute approximate surface area is 236 Å². The Morgan fingerprint density at radius 3 is 2.48 bits per heavy atom. The summed E-state index contributed by atoms with van der Waals surface area (Å²) in [6, 6.07) is 11.4. The summed E-state index contributed by atoms with van der Waals surface area (Å²) in [6.45, 7) is 1.81. The van der Waals surface area contributed by atoms with Crippen LogP contribution in [0.25, 0.3) is 16.9 Å². The van der Waals surface area contributed by atoms with Gasteiger partial charge in [-0.2, -0.15) is 18.3 Å². The topological polar surface area (TPSA) is 112 Å². The van der Waals surface area contributed by atoms with Gasteiger partial charge in [0.05, 0.1) is 22.6 Å².